The lowest BCUT2D eigenvalue weighted by Gasteiger charge is -2.41. The third-order valence-corrected chi connectivity index (χ3v) is 4.85. The maximum atomic E-state index is 5.94. The maximum absolute atomic E-state index is 5.94. The Morgan fingerprint density at radius 2 is 2.11 bits per heavy atom. The van der Waals surface area contributed by atoms with Gasteiger partial charge < -0.3 is 10.6 Å². The summed E-state index contributed by atoms with van der Waals surface area (Å²) in [6.07, 6.45) is 3.09. The topological polar surface area (TPSA) is 45.4 Å². The molecular weight excluding hydrogens is 244 g/mol. The van der Waals surface area contributed by atoms with Crippen molar-refractivity contribution in [3.05, 3.63) is 11.6 Å². The Kier molecular flexibility index (Phi) is 4.97. The zero-order chi connectivity index (χ0) is 13.0. The first-order valence-electron chi connectivity index (χ1n) is 6.84. The van der Waals surface area contributed by atoms with E-state index in [1.807, 2.05) is 11.6 Å². The zero-order valence-corrected chi connectivity index (χ0v) is 12.2. The molecule has 2 heterocycles. The molecule has 0 amide bonds. The lowest BCUT2D eigenvalue weighted by Crippen LogP contribution is -2.54. The minimum absolute atomic E-state index is 0.536. The van der Waals surface area contributed by atoms with Crippen molar-refractivity contribution in [3.63, 3.8) is 0 Å². The van der Waals surface area contributed by atoms with Gasteiger partial charge in [-0.05, 0) is 5.92 Å². The zero-order valence-electron chi connectivity index (χ0n) is 11.4. The Morgan fingerprint density at radius 3 is 2.61 bits per heavy atom. The number of hydrogen-bond donors (Lipinski definition) is 1. The molecule has 2 N–H and O–H groups in total. The number of thiazole rings is 1. The van der Waals surface area contributed by atoms with E-state index in [2.05, 4.69) is 28.6 Å². The fraction of sp³-hybridized carbons (Fsp3) is 0.769. The smallest absolute Gasteiger partial charge is 0.185 e. The quantitative estimate of drug-likeness (QED) is 0.882. The third-order valence-electron chi connectivity index (χ3n) is 4.02. The van der Waals surface area contributed by atoms with Crippen LogP contribution in [0.3, 0.4) is 0 Å². The molecule has 0 radical (unpaired) electrons. The summed E-state index contributed by atoms with van der Waals surface area (Å²) in [7, 11) is 0. The molecule has 0 spiro atoms. The van der Waals surface area contributed by atoms with E-state index in [4.69, 9.17) is 5.73 Å². The molecule has 0 bridgehead atoms. The van der Waals surface area contributed by atoms with Gasteiger partial charge in [-0.2, -0.15) is 0 Å². The number of nitrogens with two attached hydrogens (primary N) is 1. The molecule has 2 atom stereocenters. The van der Waals surface area contributed by atoms with Gasteiger partial charge >= 0.3 is 0 Å². The molecule has 1 fully saturated rings. The van der Waals surface area contributed by atoms with Gasteiger partial charge in [-0.25, -0.2) is 4.98 Å². The van der Waals surface area contributed by atoms with Gasteiger partial charge in [-0.3, -0.25) is 4.90 Å². The molecule has 2 unspecified atom stereocenters. The maximum Gasteiger partial charge on any atom is 0.185 e. The molecule has 0 saturated carbocycles. The lowest BCUT2D eigenvalue weighted by atomic mass is 9.97. The summed E-state index contributed by atoms with van der Waals surface area (Å²) in [4.78, 5) is 9.32. The van der Waals surface area contributed by atoms with Crippen molar-refractivity contribution in [2.75, 3.05) is 37.6 Å². The monoisotopic (exact) mass is 268 g/mol. The summed E-state index contributed by atoms with van der Waals surface area (Å²) in [5.41, 5.74) is 5.94. The van der Waals surface area contributed by atoms with Crippen molar-refractivity contribution < 1.29 is 0 Å². The molecule has 1 aliphatic heterocycles. The van der Waals surface area contributed by atoms with Crippen molar-refractivity contribution in [2.45, 2.75) is 26.3 Å². The molecular formula is C13H24N4S. The first-order valence-corrected chi connectivity index (χ1v) is 7.72. The van der Waals surface area contributed by atoms with Crippen LogP contribution in [-0.4, -0.2) is 48.6 Å². The Morgan fingerprint density at radius 1 is 1.39 bits per heavy atom. The lowest BCUT2D eigenvalue weighted by molar-refractivity contribution is 0.142. The summed E-state index contributed by atoms with van der Waals surface area (Å²) in [5.74, 6) is 0.682. The summed E-state index contributed by atoms with van der Waals surface area (Å²) >= 11 is 1.73. The van der Waals surface area contributed by atoms with Crippen molar-refractivity contribution in [2.24, 2.45) is 11.7 Å². The summed E-state index contributed by atoms with van der Waals surface area (Å²) < 4.78 is 0. The molecule has 1 aromatic heterocycles. The molecule has 1 saturated heterocycles. The van der Waals surface area contributed by atoms with Crippen molar-refractivity contribution in [1.29, 1.82) is 0 Å². The summed E-state index contributed by atoms with van der Waals surface area (Å²) in [6.45, 7) is 9.68. The fourth-order valence-corrected chi connectivity index (χ4v) is 3.33. The minimum atomic E-state index is 0.536. The van der Waals surface area contributed by atoms with Crippen LogP contribution in [-0.2, 0) is 0 Å². The highest BCUT2D eigenvalue weighted by atomic mass is 32.1. The van der Waals surface area contributed by atoms with Crippen LogP contribution in [0.5, 0.6) is 0 Å². The molecule has 2 rings (SSSR count). The second kappa shape index (κ2) is 6.50. The first-order chi connectivity index (χ1) is 8.76. The highest BCUT2D eigenvalue weighted by Crippen LogP contribution is 2.21. The first kappa shape index (κ1) is 13.8. The average Bonchev–Trinajstić information content (AvgIpc) is 2.94. The van der Waals surface area contributed by atoms with Gasteiger partial charge in [0.05, 0.1) is 0 Å². The Bertz CT molecular complexity index is 333. The van der Waals surface area contributed by atoms with Crippen LogP contribution in [0, 0.1) is 5.92 Å². The van der Waals surface area contributed by atoms with Gasteiger partial charge in [0.2, 0.25) is 0 Å². The number of piperazine rings is 1. The van der Waals surface area contributed by atoms with Gasteiger partial charge in [0, 0.05) is 50.3 Å². The third kappa shape index (κ3) is 3.02. The van der Waals surface area contributed by atoms with Gasteiger partial charge in [0.1, 0.15) is 0 Å². The van der Waals surface area contributed by atoms with E-state index in [-0.39, 0.29) is 0 Å². The molecule has 0 aliphatic carbocycles. The van der Waals surface area contributed by atoms with Gasteiger partial charge in [0.25, 0.3) is 0 Å². The molecule has 102 valence electrons. The van der Waals surface area contributed by atoms with Gasteiger partial charge in [-0.1, -0.05) is 20.3 Å². The van der Waals surface area contributed by atoms with Crippen LogP contribution in [0.25, 0.3) is 0 Å². The predicted molar refractivity (Wildman–Crippen MR) is 78.2 cm³/mol. The van der Waals surface area contributed by atoms with Crippen molar-refractivity contribution in [3.8, 4) is 0 Å². The Hall–Kier alpha value is -0.650. The van der Waals surface area contributed by atoms with Crippen LogP contribution >= 0.6 is 11.3 Å². The van der Waals surface area contributed by atoms with E-state index < -0.39 is 0 Å². The molecule has 1 aromatic rings. The van der Waals surface area contributed by atoms with E-state index in [9.17, 15) is 0 Å². The van der Waals surface area contributed by atoms with Crippen LogP contribution in [0.2, 0.25) is 0 Å². The summed E-state index contributed by atoms with van der Waals surface area (Å²) in [5, 5.41) is 3.20. The Balaban J connectivity index is 1.89. The largest absolute Gasteiger partial charge is 0.346 e. The number of rotatable bonds is 5. The number of aromatic nitrogens is 1. The van der Waals surface area contributed by atoms with Crippen LogP contribution < -0.4 is 10.6 Å². The van der Waals surface area contributed by atoms with Crippen molar-refractivity contribution >= 4 is 16.5 Å². The number of hydrogen-bond acceptors (Lipinski definition) is 5. The molecule has 5 heteroatoms. The normalized spacial score (nSPS) is 20.9. The minimum Gasteiger partial charge on any atom is -0.346 e. The van der Waals surface area contributed by atoms with E-state index >= 15 is 0 Å². The second-order valence-corrected chi connectivity index (χ2v) is 5.90. The SMILES string of the molecule is CCC(C)C(CN)N1CCN(c2nccs2)CC1. The fourth-order valence-electron chi connectivity index (χ4n) is 2.63. The highest BCUT2D eigenvalue weighted by molar-refractivity contribution is 7.13. The van der Waals surface area contributed by atoms with E-state index in [0.29, 0.717) is 12.0 Å². The van der Waals surface area contributed by atoms with Gasteiger partial charge in [0.15, 0.2) is 5.13 Å². The van der Waals surface area contributed by atoms with E-state index in [1.165, 1.54) is 6.42 Å². The molecule has 0 aromatic carbocycles. The van der Waals surface area contributed by atoms with Crippen LogP contribution in [0.1, 0.15) is 20.3 Å². The van der Waals surface area contributed by atoms with Crippen LogP contribution in [0.15, 0.2) is 11.6 Å². The average molecular weight is 268 g/mol. The van der Waals surface area contributed by atoms with Gasteiger partial charge in [-0.15, -0.1) is 11.3 Å². The predicted octanol–water partition coefficient (Wildman–Crippen LogP) is 1.64. The molecule has 4 nitrogen and oxygen atoms in total. The summed E-state index contributed by atoms with van der Waals surface area (Å²) in [6, 6.07) is 0.536. The standard InChI is InChI=1S/C13H24N4S/c1-3-11(2)12(10-14)16-5-7-17(8-6-16)13-15-4-9-18-13/h4,9,11-12H,3,5-8,10,14H2,1-2H3. The number of nitrogens with zero attached hydrogens (tertiary/aromatic N) is 3. The van der Waals surface area contributed by atoms with E-state index in [1.54, 1.807) is 11.3 Å². The van der Waals surface area contributed by atoms with E-state index in [0.717, 1.165) is 37.9 Å². The second-order valence-electron chi connectivity index (χ2n) is 5.03. The highest BCUT2D eigenvalue weighted by Gasteiger charge is 2.26. The molecule has 18 heavy (non-hydrogen) atoms. The van der Waals surface area contributed by atoms with Crippen LogP contribution in [0.4, 0.5) is 5.13 Å². The van der Waals surface area contributed by atoms with Crippen molar-refractivity contribution in [1.82, 2.24) is 9.88 Å². The molecule has 1 aliphatic rings. The Labute approximate surface area is 114 Å². The number of anilines is 1.